The average molecular weight is 324 g/mol. The quantitative estimate of drug-likeness (QED) is 0.723. The first-order chi connectivity index (χ1) is 10.9. The van der Waals surface area contributed by atoms with Crippen LogP contribution in [0.3, 0.4) is 0 Å². The molecule has 1 aromatic carbocycles. The van der Waals surface area contributed by atoms with Gasteiger partial charge in [0.25, 0.3) is 0 Å². The van der Waals surface area contributed by atoms with Crippen molar-refractivity contribution >= 4 is 5.91 Å². The molecule has 0 radical (unpaired) electrons. The number of hydrogen-bond acceptors (Lipinski definition) is 5. The molecule has 1 atom stereocenters. The van der Waals surface area contributed by atoms with Crippen molar-refractivity contribution in [3.8, 4) is 17.2 Å². The summed E-state index contributed by atoms with van der Waals surface area (Å²) in [7, 11) is 4.72. The van der Waals surface area contributed by atoms with Crippen LogP contribution in [0.1, 0.15) is 25.8 Å². The molecule has 0 aliphatic rings. The molecule has 1 amide bonds. The molecule has 0 saturated heterocycles. The number of nitrogens with two attached hydrogens (primary N) is 1. The van der Waals surface area contributed by atoms with Crippen LogP contribution in [0.15, 0.2) is 12.1 Å². The molecule has 0 bridgehead atoms. The lowest BCUT2D eigenvalue weighted by Crippen LogP contribution is -2.42. The predicted molar refractivity (Wildman–Crippen MR) is 90.2 cm³/mol. The van der Waals surface area contributed by atoms with E-state index in [4.69, 9.17) is 19.9 Å². The van der Waals surface area contributed by atoms with Gasteiger partial charge in [-0.2, -0.15) is 0 Å². The van der Waals surface area contributed by atoms with Gasteiger partial charge < -0.3 is 25.3 Å². The minimum atomic E-state index is -0.470. The zero-order valence-electron chi connectivity index (χ0n) is 14.6. The second-order valence-corrected chi connectivity index (χ2v) is 5.77. The third-order valence-corrected chi connectivity index (χ3v) is 3.54. The Kier molecular flexibility index (Phi) is 7.68. The van der Waals surface area contributed by atoms with Gasteiger partial charge in [0, 0.05) is 12.1 Å². The maximum atomic E-state index is 11.9. The van der Waals surface area contributed by atoms with Crippen LogP contribution in [0.2, 0.25) is 0 Å². The summed E-state index contributed by atoms with van der Waals surface area (Å²) in [5.41, 5.74) is 6.80. The van der Waals surface area contributed by atoms with Gasteiger partial charge in [-0.05, 0) is 24.8 Å². The molecule has 0 saturated carbocycles. The molecule has 0 aliphatic carbocycles. The van der Waals surface area contributed by atoms with Crippen LogP contribution < -0.4 is 25.3 Å². The first-order valence-corrected chi connectivity index (χ1v) is 7.75. The van der Waals surface area contributed by atoms with E-state index < -0.39 is 6.04 Å². The van der Waals surface area contributed by atoms with Crippen LogP contribution in [0, 0.1) is 5.92 Å². The number of rotatable bonds is 9. The summed E-state index contributed by atoms with van der Waals surface area (Å²) in [4.78, 5) is 11.9. The third kappa shape index (κ3) is 5.32. The number of carbonyl (C=O) groups excluding carboxylic acids is 1. The molecule has 1 aromatic rings. The first-order valence-electron chi connectivity index (χ1n) is 7.75. The van der Waals surface area contributed by atoms with E-state index in [2.05, 4.69) is 5.32 Å². The summed E-state index contributed by atoms with van der Waals surface area (Å²) in [5.74, 6) is 2.04. The largest absolute Gasteiger partial charge is 0.493 e. The van der Waals surface area contributed by atoms with Crippen molar-refractivity contribution in [2.45, 2.75) is 32.7 Å². The second-order valence-electron chi connectivity index (χ2n) is 5.77. The Hall–Kier alpha value is -1.95. The van der Waals surface area contributed by atoms with Crippen molar-refractivity contribution in [1.82, 2.24) is 5.32 Å². The summed E-state index contributed by atoms with van der Waals surface area (Å²) in [6.45, 7) is 4.57. The molecule has 1 rings (SSSR count). The van der Waals surface area contributed by atoms with Crippen LogP contribution in [-0.4, -0.2) is 39.8 Å². The van der Waals surface area contributed by atoms with Gasteiger partial charge in [0.2, 0.25) is 11.7 Å². The van der Waals surface area contributed by atoms with E-state index in [1.54, 1.807) is 21.3 Å². The predicted octanol–water partition coefficient (Wildman–Crippen LogP) is 1.74. The molecular formula is C17H28N2O4. The molecule has 3 N–H and O–H groups in total. The van der Waals surface area contributed by atoms with Crippen LogP contribution in [-0.2, 0) is 11.2 Å². The monoisotopic (exact) mass is 324 g/mol. The zero-order valence-corrected chi connectivity index (χ0v) is 14.6. The number of methoxy groups -OCH3 is 3. The van der Waals surface area contributed by atoms with E-state index in [9.17, 15) is 4.79 Å². The van der Waals surface area contributed by atoms with Crippen LogP contribution >= 0.6 is 0 Å². The highest BCUT2D eigenvalue weighted by Crippen LogP contribution is 2.39. The van der Waals surface area contributed by atoms with Crippen molar-refractivity contribution in [2.24, 2.45) is 11.7 Å². The van der Waals surface area contributed by atoms with Crippen molar-refractivity contribution in [1.29, 1.82) is 0 Å². The highest BCUT2D eigenvalue weighted by Gasteiger charge is 2.17. The number of ether oxygens (including phenoxy) is 3. The Balaban J connectivity index is 2.69. The summed E-state index contributed by atoms with van der Waals surface area (Å²) in [6, 6.07) is 3.26. The van der Waals surface area contributed by atoms with Crippen molar-refractivity contribution in [3.63, 3.8) is 0 Å². The summed E-state index contributed by atoms with van der Waals surface area (Å²) in [6.07, 6.45) is 1.29. The number of amides is 1. The van der Waals surface area contributed by atoms with Gasteiger partial charge in [0.15, 0.2) is 11.5 Å². The lowest BCUT2D eigenvalue weighted by atomic mass is 10.0. The molecule has 23 heavy (non-hydrogen) atoms. The van der Waals surface area contributed by atoms with Crippen molar-refractivity contribution < 1.29 is 19.0 Å². The van der Waals surface area contributed by atoms with Crippen LogP contribution in [0.5, 0.6) is 17.2 Å². The number of carbonyl (C=O) groups is 1. The molecule has 6 nitrogen and oxygen atoms in total. The topological polar surface area (TPSA) is 82.8 Å². The van der Waals surface area contributed by atoms with Crippen LogP contribution in [0.4, 0.5) is 0 Å². The maximum Gasteiger partial charge on any atom is 0.236 e. The zero-order chi connectivity index (χ0) is 17.4. The fourth-order valence-electron chi connectivity index (χ4n) is 2.43. The highest BCUT2D eigenvalue weighted by molar-refractivity contribution is 5.81. The first kappa shape index (κ1) is 19.1. The molecule has 0 spiro atoms. The Morgan fingerprint density at radius 3 is 2.30 bits per heavy atom. The minimum absolute atomic E-state index is 0.127. The van der Waals surface area contributed by atoms with Crippen molar-refractivity contribution in [2.75, 3.05) is 27.9 Å². The second kappa shape index (κ2) is 9.25. The number of nitrogens with one attached hydrogen (secondary N) is 1. The summed E-state index contributed by atoms with van der Waals surface area (Å²) in [5, 5.41) is 2.86. The van der Waals surface area contributed by atoms with Gasteiger partial charge in [-0.1, -0.05) is 19.9 Å². The Morgan fingerprint density at radius 1 is 1.13 bits per heavy atom. The average Bonchev–Trinajstić information content (AvgIpc) is 2.53. The van der Waals surface area contributed by atoms with E-state index in [0.29, 0.717) is 42.6 Å². The molecule has 0 heterocycles. The fraction of sp³-hybridized carbons (Fsp3) is 0.588. The van der Waals surface area contributed by atoms with Gasteiger partial charge in [-0.3, -0.25) is 4.79 Å². The van der Waals surface area contributed by atoms with Gasteiger partial charge in [0.05, 0.1) is 27.4 Å². The number of benzene rings is 1. The molecule has 0 unspecified atom stereocenters. The standard InChI is InChI=1S/C17H28N2O4/c1-11(2)10-13(18)17(20)19-9-8-12-6-7-14(21-3)16(23-5)15(12)22-4/h6-7,11,13H,8-10,18H2,1-5H3,(H,19,20)/t13-/m0/s1. The molecule has 0 aromatic heterocycles. The van der Waals surface area contributed by atoms with Gasteiger partial charge in [0.1, 0.15) is 0 Å². The Labute approximate surface area is 138 Å². The summed E-state index contributed by atoms with van der Waals surface area (Å²) < 4.78 is 16.0. The van der Waals surface area contributed by atoms with Gasteiger partial charge in [-0.15, -0.1) is 0 Å². The molecule has 0 aliphatic heterocycles. The SMILES string of the molecule is COc1ccc(CCNC(=O)[C@@H](N)CC(C)C)c(OC)c1OC. The smallest absolute Gasteiger partial charge is 0.236 e. The van der Waals surface area contributed by atoms with E-state index in [0.717, 1.165) is 5.56 Å². The van der Waals surface area contributed by atoms with Crippen molar-refractivity contribution in [3.05, 3.63) is 17.7 Å². The minimum Gasteiger partial charge on any atom is -0.493 e. The molecule has 6 heteroatoms. The third-order valence-electron chi connectivity index (χ3n) is 3.54. The van der Waals surface area contributed by atoms with Gasteiger partial charge in [-0.25, -0.2) is 0 Å². The van der Waals surface area contributed by atoms with E-state index in [-0.39, 0.29) is 5.91 Å². The summed E-state index contributed by atoms with van der Waals surface area (Å²) >= 11 is 0. The normalized spacial score (nSPS) is 12.0. The molecule has 0 fully saturated rings. The lowest BCUT2D eigenvalue weighted by Gasteiger charge is -2.17. The van der Waals surface area contributed by atoms with E-state index >= 15 is 0 Å². The molecule has 130 valence electrons. The Morgan fingerprint density at radius 2 is 1.78 bits per heavy atom. The van der Waals surface area contributed by atoms with E-state index in [1.165, 1.54) is 0 Å². The van der Waals surface area contributed by atoms with Crippen LogP contribution in [0.25, 0.3) is 0 Å². The van der Waals surface area contributed by atoms with E-state index in [1.807, 2.05) is 26.0 Å². The fourth-order valence-corrected chi connectivity index (χ4v) is 2.43. The van der Waals surface area contributed by atoms with Gasteiger partial charge >= 0.3 is 0 Å². The highest BCUT2D eigenvalue weighted by atomic mass is 16.5. The molecular weight excluding hydrogens is 296 g/mol. The lowest BCUT2D eigenvalue weighted by molar-refractivity contribution is -0.122. The Bertz CT molecular complexity index is 518. The number of hydrogen-bond donors (Lipinski definition) is 2. The maximum absolute atomic E-state index is 11.9.